The third-order valence-electron chi connectivity index (χ3n) is 14.9. The lowest BCUT2D eigenvalue weighted by atomic mass is 9.67. The van der Waals surface area contributed by atoms with E-state index in [1.807, 2.05) is 12.1 Å². The molecule has 1 aliphatic heterocycles. The van der Waals surface area contributed by atoms with E-state index in [0.717, 1.165) is 41.7 Å². The van der Waals surface area contributed by atoms with E-state index < -0.39 is 10.8 Å². The van der Waals surface area contributed by atoms with E-state index in [4.69, 9.17) is 4.74 Å². The number of carbonyl (C=O) groups excluding carboxylic acids is 1. The molecular formula is C59H46O2. The van der Waals surface area contributed by atoms with Crippen molar-refractivity contribution in [3.05, 3.63) is 255 Å². The predicted octanol–water partition coefficient (Wildman–Crippen LogP) is 13.5. The van der Waals surface area contributed by atoms with Crippen molar-refractivity contribution in [3.8, 4) is 28.0 Å². The van der Waals surface area contributed by atoms with Gasteiger partial charge < -0.3 is 4.74 Å². The van der Waals surface area contributed by atoms with Crippen LogP contribution in [-0.2, 0) is 17.3 Å². The van der Waals surface area contributed by atoms with Gasteiger partial charge >= 0.3 is 0 Å². The highest BCUT2D eigenvalue weighted by molar-refractivity contribution is 6.16. The largest absolute Gasteiger partial charge is 0.484 e. The minimum atomic E-state index is -0.619. The number of fused-ring (bicyclic) bond motifs is 18. The Kier molecular flexibility index (Phi) is 7.91. The fourth-order valence-corrected chi connectivity index (χ4v) is 12.7. The molecule has 12 rings (SSSR count). The number of carbonyl (C=O) groups is 1. The van der Waals surface area contributed by atoms with E-state index in [9.17, 15) is 0 Å². The molecule has 1 heterocycles. The van der Waals surface area contributed by atoms with Crippen molar-refractivity contribution >= 4 is 5.78 Å². The Morgan fingerprint density at radius 2 is 1.51 bits per heavy atom. The van der Waals surface area contributed by atoms with Crippen molar-refractivity contribution in [3.63, 3.8) is 0 Å². The molecule has 0 fully saturated rings. The van der Waals surface area contributed by atoms with Crippen molar-refractivity contribution in [2.75, 3.05) is 0 Å². The van der Waals surface area contributed by atoms with Gasteiger partial charge in [0.25, 0.3) is 0 Å². The number of rotatable bonds is 6. The van der Waals surface area contributed by atoms with Crippen molar-refractivity contribution in [2.45, 2.75) is 56.0 Å². The quantitative estimate of drug-likeness (QED) is 0.0953. The number of ketones is 1. The lowest BCUT2D eigenvalue weighted by Crippen LogP contribution is -2.29. The molecule has 5 aromatic carbocycles. The first-order valence-corrected chi connectivity index (χ1v) is 22.0. The summed E-state index contributed by atoms with van der Waals surface area (Å²) in [7, 11) is 0. The molecule has 2 spiro atoms. The molecule has 5 atom stereocenters. The summed E-state index contributed by atoms with van der Waals surface area (Å²) >= 11 is 0. The van der Waals surface area contributed by atoms with Crippen molar-refractivity contribution in [1.82, 2.24) is 0 Å². The number of hydrogen-bond acceptors (Lipinski definition) is 2. The molecule has 6 aliphatic carbocycles. The van der Waals surface area contributed by atoms with Crippen molar-refractivity contribution in [2.24, 2.45) is 5.92 Å². The van der Waals surface area contributed by atoms with Crippen LogP contribution in [0, 0.1) is 5.92 Å². The van der Waals surface area contributed by atoms with Crippen LogP contribution in [0.15, 0.2) is 210 Å². The summed E-state index contributed by atoms with van der Waals surface area (Å²) in [5, 5.41) is 0. The molecule has 7 aliphatic rings. The zero-order valence-corrected chi connectivity index (χ0v) is 34.6. The number of Topliss-reactive ketones (excluding diaryl/α,β-unsaturated/α-hetero) is 1. The van der Waals surface area contributed by atoms with Gasteiger partial charge in [-0.05, 0) is 105 Å². The summed E-state index contributed by atoms with van der Waals surface area (Å²) in [5.41, 5.74) is 19.0. The standard InChI is InChI=1S/C59H46O2/c1-4-18-37(35-38-34-36-20-7-12-26-46(36)58(38)47(19-5-2)39(6-3)40-21-8-13-27-48(40)58)56(60)45-25-17-30-51-54(45)43-23-9-14-28-49(43)59(51)50-29-15-10-24-44(50)55-52(59)33-32-42-41-22-11-16-31-53(41)61-57(42)55/h4-5,7-20,22-33,35,40-41,53H,1,6,21,34H2,2-3H3. The third kappa shape index (κ3) is 4.55. The Hall–Kier alpha value is -6.77. The van der Waals surface area contributed by atoms with Gasteiger partial charge in [-0.2, -0.15) is 0 Å². The molecule has 0 bridgehead atoms. The molecule has 0 saturated heterocycles. The molecule has 0 amide bonds. The van der Waals surface area contributed by atoms with Crippen LogP contribution >= 0.6 is 0 Å². The topological polar surface area (TPSA) is 26.3 Å². The summed E-state index contributed by atoms with van der Waals surface area (Å²) in [4.78, 5) is 15.7. The van der Waals surface area contributed by atoms with Crippen LogP contribution in [0.4, 0.5) is 0 Å². The van der Waals surface area contributed by atoms with Gasteiger partial charge in [-0.3, -0.25) is 4.79 Å². The Bertz CT molecular complexity index is 3060. The molecule has 294 valence electrons. The monoisotopic (exact) mass is 786 g/mol. The van der Waals surface area contributed by atoms with Crippen LogP contribution in [0.1, 0.15) is 81.9 Å². The second-order valence-electron chi connectivity index (χ2n) is 17.4. The second-order valence-corrected chi connectivity index (χ2v) is 17.4. The average Bonchev–Trinajstić information content (AvgIpc) is 4.08. The first-order chi connectivity index (χ1) is 30.1. The summed E-state index contributed by atoms with van der Waals surface area (Å²) < 4.78 is 6.87. The van der Waals surface area contributed by atoms with Gasteiger partial charge in [0.15, 0.2) is 5.78 Å². The Balaban J connectivity index is 1.07. The summed E-state index contributed by atoms with van der Waals surface area (Å²) in [6, 6.07) is 37.6. The minimum Gasteiger partial charge on any atom is -0.484 e. The molecule has 0 saturated carbocycles. The molecule has 2 heteroatoms. The highest BCUT2D eigenvalue weighted by Gasteiger charge is 2.56. The summed E-state index contributed by atoms with van der Waals surface area (Å²) in [6.45, 7) is 8.59. The summed E-state index contributed by atoms with van der Waals surface area (Å²) in [5.74, 6) is 1.52. The van der Waals surface area contributed by atoms with Gasteiger partial charge in [-0.15, -0.1) is 0 Å². The number of allylic oxidation sites excluding steroid dienone is 15. The lowest BCUT2D eigenvalue weighted by molar-refractivity contribution is 0.103. The molecule has 0 N–H and O–H groups in total. The highest BCUT2D eigenvalue weighted by Crippen LogP contribution is 2.67. The predicted molar refractivity (Wildman–Crippen MR) is 248 cm³/mol. The van der Waals surface area contributed by atoms with Gasteiger partial charge in [0, 0.05) is 34.1 Å². The molecule has 2 nitrogen and oxygen atoms in total. The van der Waals surface area contributed by atoms with Gasteiger partial charge in [0.1, 0.15) is 11.9 Å². The molecule has 0 aromatic heterocycles. The van der Waals surface area contributed by atoms with Gasteiger partial charge in [0.2, 0.25) is 0 Å². The molecular weight excluding hydrogens is 741 g/mol. The van der Waals surface area contributed by atoms with Crippen molar-refractivity contribution < 1.29 is 9.53 Å². The second kappa shape index (κ2) is 13.4. The fourth-order valence-electron chi connectivity index (χ4n) is 12.7. The number of hydrogen-bond donors (Lipinski definition) is 0. The minimum absolute atomic E-state index is 0.00740. The SMILES string of the molecule is C=CC=C(C=C1Cc2ccccc2C12C1=CC=CCC1C(CC)=C2C=CC)C(=O)c1cccc2c1-c1ccccc1C21c2ccccc2-c2c1ccc1c2OC2C=CC=CC12. The van der Waals surface area contributed by atoms with Crippen LogP contribution in [0.2, 0.25) is 0 Å². The highest BCUT2D eigenvalue weighted by atomic mass is 16.5. The van der Waals surface area contributed by atoms with Crippen molar-refractivity contribution in [1.29, 1.82) is 0 Å². The van der Waals surface area contributed by atoms with Gasteiger partial charge in [-0.1, -0.05) is 183 Å². The number of benzene rings is 5. The molecule has 0 radical (unpaired) electrons. The van der Waals surface area contributed by atoms with Crippen LogP contribution in [0.25, 0.3) is 22.3 Å². The maximum Gasteiger partial charge on any atom is 0.193 e. The Labute approximate surface area is 358 Å². The van der Waals surface area contributed by atoms with Crippen LogP contribution in [0.5, 0.6) is 5.75 Å². The molecule has 5 unspecified atom stereocenters. The molecule has 5 aromatic rings. The summed E-state index contributed by atoms with van der Waals surface area (Å²) in [6.07, 6.45) is 28.8. The Morgan fingerprint density at radius 1 is 0.787 bits per heavy atom. The van der Waals surface area contributed by atoms with E-state index in [0.29, 0.717) is 17.1 Å². The average molecular weight is 787 g/mol. The van der Waals surface area contributed by atoms with Crippen LogP contribution < -0.4 is 4.74 Å². The normalized spacial score (nSPS) is 25.9. The maximum atomic E-state index is 15.7. The first-order valence-electron chi connectivity index (χ1n) is 22.0. The Morgan fingerprint density at radius 3 is 2.30 bits per heavy atom. The van der Waals surface area contributed by atoms with Crippen LogP contribution in [0.3, 0.4) is 0 Å². The van der Waals surface area contributed by atoms with E-state index in [-0.39, 0.29) is 17.8 Å². The zero-order chi connectivity index (χ0) is 41.0. The van der Waals surface area contributed by atoms with Crippen LogP contribution in [-0.4, -0.2) is 11.9 Å². The van der Waals surface area contributed by atoms with Gasteiger partial charge in [-0.25, -0.2) is 0 Å². The first kappa shape index (κ1) is 36.1. The van der Waals surface area contributed by atoms with E-state index in [2.05, 4.69) is 178 Å². The smallest absolute Gasteiger partial charge is 0.193 e. The molecule has 61 heavy (non-hydrogen) atoms. The zero-order valence-electron chi connectivity index (χ0n) is 34.6. The van der Waals surface area contributed by atoms with E-state index in [1.54, 1.807) is 6.08 Å². The third-order valence-corrected chi connectivity index (χ3v) is 14.9. The van der Waals surface area contributed by atoms with E-state index in [1.165, 1.54) is 66.8 Å². The fraction of sp³-hybridized carbons (Fsp3) is 0.169. The van der Waals surface area contributed by atoms with Gasteiger partial charge in [0.05, 0.1) is 10.8 Å². The lowest BCUT2D eigenvalue weighted by Gasteiger charge is -2.35. The maximum absolute atomic E-state index is 15.7. The van der Waals surface area contributed by atoms with E-state index >= 15 is 4.79 Å². The number of ether oxygens (including phenoxy) is 1.